The zero-order valence-electron chi connectivity index (χ0n) is 14.8. The van der Waals surface area contributed by atoms with Crippen molar-refractivity contribution < 1.29 is 19.0 Å². The molecule has 4 nitrogen and oxygen atoms in total. The smallest absolute Gasteiger partial charge is 0.237 e. The molecule has 0 saturated heterocycles. The van der Waals surface area contributed by atoms with Crippen LogP contribution in [0.3, 0.4) is 0 Å². The van der Waals surface area contributed by atoms with Crippen LogP contribution in [-0.2, 0) is 16.1 Å². The van der Waals surface area contributed by atoms with E-state index in [-0.39, 0.29) is 6.61 Å². The first kappa shape index (κ1) is 19.6. The van der Waals surface area contributed by atoms with Gasteiger partial charge in [-0.3, -0.25) is 4.79 Å². The number of allylic oxidation sites excluding steroid dienone is 2. The second-order valence-electron chi connectivity index (χ2n) is 5.40. The van der Waals surface area contributed by atoms with Crippen molar-refractivity contribution in [2.45, 2.75) is 13.5 Å². The van der Waals surface area contributed by atoms with E-state index in [1.54, 1.807) is 31.2 Å². The Morgan fingerprint density at radius 1 is 1.15 bits per heavy atom. The third kappa shape index (κ3) is 5.14. The average molecular weight is 372 g/mol. The maximum Gasteiger partial charge on any atom is 0.237 e. The van der Waals surface area contributed by atoms with Crippen LogP contribution < -0.4 is 9.47 Å². The first-order valence-electron chi connectivity index (χ1n) is 7.97. The third-order valence-electron chi connectivity index (χ3n) is 3.68. The lowest BCUT2D eigenvalue weighted by molar-refractivity contribution is 0.295. The topological polar surface area (TPSA) is 44.8 Å². The monoisotopic (exact) mass is 371 g/mol. The Morgan fingerprint density at radius 2 is 1.81 bits per heavy atom. The number of rotatable bonds is 9. The second-order valence-corrected chi connectivity index (χ2v) is 5.84. The largest absolute Gasteiger partial charge is 0.501 e. The molecule has 135 valence electrons. The molecule has 26 heavy (non-hydrogen) atoms. The van der Waals surface area contributed by atoms with E-state index in [0.29, 0.717) is 34.3 Å². The fourth-order valence-electron chi connectivity index (χ4n) is 2.29. The van der Waals surface area contributed by atoms with Gasteiger partial charge < -0.3 is 14.2 Å². The number of halogens is 1. The van der Waals surface area contributed by atoms with Crippen molar-refractivity contribution in [2.75, 3.05) is 13.7 Å². The quantitative estimate of drug-likeness (QED) is 0.354. The molecule has 2 rings (SSSR count). The van der Waals surface area contributed by atoms with Crippen LogP contribution in [0.15, 0.2) is 60.9 Å². The van der Waals surface area contributed by atoms with Gasteiger partial charge in [-0.25, -0.2) is 0 Å². The molecular weight excluding hydrogens is 352 g/mol. The maximum absolute atomic E-state index is 11.4. The van der Waals surface area contributed by atoms with Crippen molar-refractivity contribution in [3.8, 4) is 11.5 Å². The molecule has 0 aliphatic heterocycles. The van der Waals surface area contributed by atoms with Gasteiger partial charge in [0.15, 0.2) is 0 Å². The molecule has 0 aliphatic rings. The Labute approximate surface area is 158 Å². The van der Waals surface area contributed by atoms with Crippen molar-refractivity contribution in [1.29, 1.82) is 0 Å². The van der Waals surface area contributed by atoms with Crippen molar-refractivity contribution >= 4 is 23.5 Å². The van der Waals surface area contributed by atoms with Gasteiger partial charge in [0.05, 0.1) is 12.7 Å². The number of benzene rings is 2. The second kappa shape index (κ2) is 9.68. The summed E-state index contributed by atoms with van der Waals surface area (Å²) in [5.74, 6) is 1.88. The van der Waals surface area contributed by atoms with Crippen LogP contribution in [0.25, 0.3) is 5.57 Å². The van der Waals surface area contributed by atoms with Gasteiger partial charge in [0.1, 0.15) is 30.5 Å². The zero-order chi connectivity index (χ0) is 18.9. The molecule has 0 aromatic heterocycles. The van der Waals surface area contributed by atoms with E-state index in [9.17, 15) is 4.79 Å². The van der Waals surface area contributed by atoms with E-state index in [4.69, 9.17) is 25.8 Å². The average Bonchev–Trinajstić information content (AvgIpc) is 2.67. The maximum atomic E-state index is 11.4. The van der Waals surface area contributed by atoms with E-state index in [1.165, 1.54) is 7.11 Å². The number of carbonyl (C=O) groups excluding carboxylic acids is 1. The van der Waals surface area contributed by atoms with Crippen LogP contribution in [0.2, 0.25) is 5.02 Å². The lowest BCUT2D eigenvalue weighted by Crippen LogP contribution is -2.03. The molecule has 0 amide bonds. The Kier molecular flexibility index (Phi) is 7.30. The van der Waals surface area contributed by atoms with E-state index < -0.39 is 0 Å². The lowest BCUT2D eigenvalue weighted by Gasteiger charge is -2.13. The Balaban J connectivity index is 2.20. The first-order chi connectivity index (χ1) is 12.6. The summed E-state index contributed by atoms with van der Waals surface area (Å²) in [4.78, 5) is 11.4. The SMILES string of the molecule is C=CCOc1ccc(OCc2cc(Cl)ccc2/C([C]=O)=C(/C)OC)cc1. The normalized spacial score (nSPS) is 11.3. The molecule has 5 heteroatoms. The number of ether oxygens (including phenoxy) is 3. The number of hydrogen-bond acceptors (Lipinski definition) is 4. The van der Waals surface area contributed by atoms with Gasteiger partial charge in [-0.2, -0.15) is 0 Å². The van der Waals surface area contributed by atoms with Gasteiger partial charge in [0.25, 0.3) is 0 Å². The van der Waals surface area contributed by atoms with Crippen LogP contribution in [-0.4, -0.2) is 20.0 Å². The summed E-state index contributed by atoms with van der Waals surface area (Å²) in [5, 5.41) is 0.556. The highest BCUT2D eigenvalue weighted by Crippen LogP contribution is 2.26. The molecule has 0 spiro atoms. The van der Waals surface area contributed by atoms with Crippen molar-refractivity contribution in [3.05, 3.63) is 77.0 Å². The molecule has 0 unspecified atom stereocenters. The standard InChI is InChI=1S/C21H20ClO4/c1-4-11-25-18-6-8-19(9-7-18)26-14-16-12-17(22)5-10-20(16)21(13-23)15(2)24-3/h4-10,12H,1,11,14H2,2-3H3/b21-15-. The van der Waals surface area contributed by atoms with Crippen LogP contribution in [0, 0.1) is 0 Å². The molecule has 0 fully saturated rings. The summed E-state index contributed by atoms with van der Waals surface area (Å²) in [6.07, 6.45) is 3.62. The molecule has 0 bridgehead atoms. The molecule has 0 aliphatic carbocycles. The van der Waals surface area contributed by atoms with Gasteiger partial charge in [0.2, 0.25) is 6.29 Å². The summed E-state index contributed by atoms with van der Waals surface area (Å²) in [7, 11) is 1.51. The summed E-state index contributed by atoms with van der Waals surface area (Å²) in [6.45, 7) is 6.01. The van der Waals surface area contributed by atoms with Crippen LogP contribution >= 0.6 is 11.6 Å². The highest BCUT2D eigenvalue weighted by atomic mass is 35.5. The molecule has 0 heterocycles. The highest BCUT2D eigenvalue weighted by molar-refractivity contribution is 6.30. The lowest BCUT2D eigenvalue weighted by atomic mass is 10.00. The molecule has 1 radical (unpaired) electrons. The molecule has 2 aromatic carbocycles. The van der Waals surface area contributed by atoms with Gasteiger partial charge in [-0.15, -0.1) is 0 Å². The van der Waals surface area contributed by atoms with Crippen LogP contribution in [0.1, 0.15) is 18.1 Å². The molecule has 2 aromatic rings. The van der Waals surface area contributed by atoms with E-state index in [1.807, 2.05) is 30.6 Å². The number of hydrogen-bond donors (Lipinski definition) is 0. The molecule has 0 saturated carbocycles. The summed E-state index contributed by atoms with van der Waals surface area (Å²) in [5.41, 5.74) is 1.78. The predicted octanol–water partition coefficient (Wildman–Crippen LogP) is 4.97. The minimum absolute atomic E-state index is 0.241. The van der Waals surface area contributed by atoms with Gasteiger partial charge in [-0.05, 0) is 54.4 Å². The van der Waals surface area contributed by atoms with Crippen molar-refractivity contribution in [3.63, 3.8) is 0 Å². The summed E-state index contributed by atoms with van der Waals surface area (Å²) < 4.78 is 16.4. The van der Waals surface area contributed by atoms with Crippen molar-refractivity contribution in [1.82, 2.24) is 0 Å². The van der Waals surface area contributed by atoms with Crippen LogP contribution in [0.4, 0.5) is 0 Å². The molecule has 0 atom stereocenters. The Bertz CT molecular complexity index is 794. The zero-order valence-corrected chi connectivity index (χ0v) is 15.5. The van der Waals surface area contributed by atoms with E-state index in [0.717, 1.165) is 11.3 Å². The summed E-state index contributed by atoms with van der Waals surface area (Å²) in [6, 6.07) is 12.5. The Hall–Kier alpha value is -2.72. The highest BCUT2D eigenvalue weighted by Gasteiger charge is 2.13. The summed E-state index contributed by atoms with van der Waals surface area (Å²) >= 11 is 6.10. The number of methoxy groups -OCH3 is 1. The Morgan fingerprint density at radius 3 is 2.38 bits per heavy atom. The van der Waals surface area contributed by atoms with E-state index in [2.05, 4.69) is 6.58 Å². The van der Waals surface area contributed by atoms with Gasteiger partial charge in [0, 0.05) is 5.02 Å². The molecule has 0 N–H and O–H groups in total. The van der Waals surface area contributed by atoms with Gasteiger partial charge in [-0.1, -0.05) is 30.3 Å². The third-order valence-corrected chi connectivity index (χ3v) is 3.92. The van der Waals surface area contributed by atoms with Crippen LogP contribution in [0.5, 0.6) is 11.5 Å². The van der Waals surface area contributed by atoms with Gasteiger partial charge >= 0.3 is 0 Å². The fourth-order valence-corrected chi connectivity index (χ4v) is 2.49. The predicted molar refractivity (Wildman–Crippen MR) is 103 cm³/mol. The molecular formula is C21H20ClO4. The first-order valence-corrected chi connectivity index (χ1v) is 8.35. The van der Waals surface area contributed by atoms with Crippen molar-refractivity contribution in [2.24, 2.45) is 0 Å². The minimum Gasteiger partial charge on any atom is -0.501 e. The minimum atomic E-state index is 0.241. The van der Waals surface area contributed by atoms with E-state index >= 15 is 0 Å². The fraction of sp³-hybridized carbons (Fsp3) is 0.190.